The molecule has 1 N–H and O–H groups in total. The highest BCUT2D eigenvalue weighted by atomic mass is 16.6. The Hall–Kier alpha value is -2.21. The summed E-state index contributed by atoms with van der Waals surface area (Å²) >= 11 is 0. The number of aliphatic hydroxyl groups is 1. The minimum Gasteiger partial charge on any atom is -0.396 e. The van der Waals surface area contributed by atoms with Crippen LogP contribution in [-0.2, 0) is 0 Å². The normalized spacial score (nSPS) is 18.9. The molecule has 0 unspecified atom stereocenters. The number of pyridine rings is 1. The van der Waals surface area contributed by atoms with Gasteiger partial charge in [0.2, 0.25) is 0 Å². The molecule has 0 spiro atoms. The van der Waals surface area contributed by atoms with Gasteiger partial charge in [0.15, 0.2) is 0 Å². The van der Waals surface area contributed by atoms with E-state index < -0.39 is 0 Å². The molecule has 1 aliphatic rings. The zero-order valence-electron chi connectivity index (χ0n) is 11.6. The molecular weight excluding hydrogens is 270 g/mol. The molecule has 1 aromatic heterocycles. The summed E-state index contributed by atoms with van der Waals surface area (Å²) in [5.74, 6) is 0.269. The lowest BCUT2D eigenvalue weighted by Crippen LogP contribution is -2.36. The molecule has 110 valence electrons. The molecule has 0 aliphatic carbocycles. The minimum absolute atomic E-state index is 0.0811. The summed E-state index contributed by atoms with van der Waals surface area (Å²) in [5, 5.41) is 21.9. The maximum atomic E-state index is 11.1. The van der Waals surface area contributed by atoms with Gasteiger partial charge in [-0.2, -0.15) is 0 Å². The van der Waals surface area contributed by atoms with Gasteiger partial charge in [-0.25, -0.2) is 0 Å². The number of nitro groups is 1. The smallest absolute Gasteiger partial charge is 0.278 e. The Kier molecular flexibility index (Phi) is 3.70. The number of anilines is 1. The van der Waals surface area contributed by atoms with Crippen LogP contribution in [-0.4, -0.2) is 34.7 Å². The molecule has 1 atom stereocenters. The second kappa shape index (κ2) is 5.65. The lowest BCUT2D eigenvalue weighted by Gasteiger charge is -2.34. The Morgan fingerprint density at radius 3 is 3.00 bits per heavy atom. The fourth-order valence-corrected chi connectivity index (χ4v) is 3.03. The average molecular weight is 287 g/mol. The first-order valence-electron chi connectivity index (χ1n) is 7.07. The molecule has 21 heavy (non-hydrogen) atoms. The number of fused-ring (bicyclic) bond motifs is 1. The van der Waals surface area contributed by atoms with Gasteiger partial charge < -0.3 is 10.0 Å². The van der Waals surface area contributed by atoms with Crippen LogP contribution in [0.3, 0.4) is 0 Å². The van der Waals surface area contributed by atoms with E-state index in [1.807, 2.05) is 6.07 Å². The largest absolute Gasteiger partial charge is 0.396 e. The lowest BCUT2D eigenvalue weighted by molar-refractivity contribution is -0.383. The van der Waals surface area contributed by atoms with Crippen molar-refractivity contribution in [1.82, 2.24) is 4.98 Å². The predicted octanol–water partition coefficient (Wildman–Crippen LogP) is 2.35. The first kappa shape index (κ1) is 13.8. The van der Waals surface area contributed by atoms with Crippen molar-refractivity contribution in [3.8, 4) is 0 Å². The molecule has 3 rings (SSSR count). The van der Waals surface area contributed by atoms with Gasteiger partial charge in [-0.05, 0) is 30.9 Å². The fourth-order valence-electron chi connectivity index (χ4n) is 3.03. The topological polar surface area (TPSA) is 79.5 Å². The Labute approximate surface area is 122 Å². The number of rotatable bonds is 3. The summed E-state index contributed by atoms with van der Waals surface area (Å²) in [7, 11) is 0. The standard InChI is InChI=1S/C15H17N3O3/c19-10-11-2-1-7-17(9-11)14-3-4-15(18(20)21)13-8-16-6-5-12(13)14/h3-6,8,11,19H,1-2,7,9-10H2/t11-/m0/s1. The second-order valence-corrected chi connectivity index (χ2v) is 5.42. The predicted molar refractivity (Wildman–Crippen MR) is 80.4 cm³/mol. The minimum atomic E-state index is -0.374. The molecule has 1 aromatic carbocycles. The second-order valence-electron chi connectivity index (χ2n) is 5.42. The van der Waals surface area contributed by atoms with E-state index >= 15 is 0 Å². The van der Waals surface area contributed by atoms with Gasteiger partial charge >= 0.3 is 0 Å². The summed E-state index contributed by atoms with van der Waals surface area (Å²) in [6.07, 6.45) is 5.25. The van der Waals surface area contributed by atoms with Gasteiger partial charge in [0.1, 0.15) is 0 Å². The van der Waals surface area contributed by atoms with E-state index in [4.69, 9.17) is 0 Å². The van der Waals surface area contributed by atoms with Crippen LogP contribution < -0.4 is 4.90 Å². The number of aromatic nitrogens is 1. The van der Waals surface area contributed by atoms with Crippen molar-refractivity contribution in [2.24, 2.45) is 5.92 Å². The van der Waals surface area contributed by atoms with Crippen LogP contribution in [0.15, 0.2) is 30.6 Å². The van der Waals surface area contributed by atoms with Gasteiger partial charge in [0, 0.05) is 49.2 Å². The van der Waals surface area contributed by atoms with E-state index in [0.29, 0.717) is 5.39 Å². The molecule has 1 saturated heterocycles. The number of hydrogen-bond donors (Lipinski definition) is 1. The van der Waals surface area contributed by atoms with Crippen LogP contribution in [0.1, 0.15) is 12.8 Å². The number of non-ortho nitro benzene ring substituents is 1. The number of hydrogen-bond acceptors (Lipinski definition) is 5. The number of nitrogens with zero attached hydrogens (tertiary/aromatic N) is 3. The van der Waals surface area contributed by atoms with Crippen LogP contribution in [0.2, 0.25) is 0 Å². The van der Waals surface area contributed by atoms with Gasteiger partial charge in [0.25, 0.3) is 5.69 Å². The van der Waals surface area contributed by atoms with E-state index in [0.717, 1.165) is 37.0 Å². The molecule has 0 bridgehead atoms. The number of nitro benzene ring substituents is 1. The highest BCUT2D eigenvalue weighted by Gasteiger charge is 2.23. The van der Waals surface area contributed by atoms with Crippen molar-refractivity contribution in [3.05, 3.63) is 40.7 Å². The van der Waals surface area contributed by atoms with E-state index in [-0.39, 0.29) is 23.1 Å². The molecule has 2 heterocycles. The van der Waals surface area contributed by atoms with Crippen LogP contribution in [0.25, 0.3) is 10.8 Å². The number of aliphatic hydroxyl groups excluding tert-OH is 1. The summed E-state index contributed by atoms with van der Waals surface area (Å²) in [4.78, 5) is 17.0. The molecule has 0 saturated carbocycles. The van der Waals surface area contributed by atoms with Gasteiger partial charge in [-0.1, -0.05) is 0 Å². The Morgan fingerprint density at radius 1 is 1.38 bits per heavy atom. The van der Waals surface area contributed by atoms with Gasteiger partial charge in [-0.15, -0.1) is 0 Å². The van der Waals surface area contributed by atoms with E-state index in [1.54, 1.807) is 24.5 Å². The Bertz CT molecular complexity index is 674. The molecule has 6 heteroatoms. The molecule has 1 aliphatic heterocycles. The third kappa shape index (κ3) is 2.54. The molecule has 6 nitrogen and oxygen atoms in total. The average Bonchev–Trinajstić information content (AvgIpc) is 2.53. The first-order chi connectivity index (χ1) is 10.2. The van der Waals surface area contributed by atoms with Crippen molar-refractivity contribution < 1.29 is 10.0 Å². The molecule has 0 amide bonds. The highest BCUT2D eigenvalue weighted by Crippen LogP contribution is 2.34. The first-order valence-corrected chi connectivity index (χ1v) is 7.07. The van der Waals surface area contributed by atoms with Crippen LogP contribution in [0.5, 0.6) is 0 Å². The fraction of sp³-hybridized carbons (Fsp3) is 0.400. The van der Waals surface area contributed by atoms with Gasteiger partial charge in [0.05, 0.1) is 10.3 Å². The summed E-state index contributed by atoms with van der Waals surface area (Å²) in [5.41, 5.74) is 1.06. The van der Waals surface area contributed by atoms with E-state index in [1.165, 1.54) is 0 Å². The Balaban J connectivity index is 2.07. The van der Waals surface area contributed by atoms with Crippen molar-refractivity contribution in [3.63, 3.8) is 0 Å². The lowest BCUT2D eigenvalue weighted by atomic mass is 9.97. The summed E-state index contributed by atoms with van der Waals surface area (Å²) in [6.45, 7) is 1.88. The third-order valence-electron chi connectivity index (χ3n) is 4.09. The maximum Gasteiger partial charge on any atom is 0.278 e. The van der Waals surface area contributed by atoms with E-state index in [2.05, 4.69) is 9.88 Å². The van der Waals surface area contributed by atoms with Crippen molar-refractivity contribution in [2.75, 3.05) is 24.6 Å². The summed E-state index contributed by atoms with van der Waals surface area (Å²) < 4.78 is 0. The third-order valence-corrected chi connectivity index (χ3v) is 4.09. The zero-order chi connectivity index (χ0) is 14.8. The monoisotopic (exact) mass is 287 g/mol. The van der Waals surface area contributed by atoms with Gasteiger partial charge in [-0.3, -0.25) is 15.1 Å². The SMILES string of the molecule is O=[N+]([O-])c1ccc(N2CCC[C@H](CO)C2)c2ccncc12. The van der Waals surface area contributed by atoms with Crippen molar-refractivity contribution in [1.29, 1.82) is 0 Å². The van der Waals surface area contributed by atoms with Crippen LogP contribution in [0, 0.1) is 16.0 Å². The maximum absolute atomic E-state index is 11.1. The molecular formula is C15H17N3O3. The molecule has 2 aromatic rings. The Morgan fingerprint density at radius 2 is 2.24 bits per heavy atom. The quantitative estimate of drug-likeness (QED) is 0.692. The number of benzene rings is 1. The van der Waals surface area contributed by atoms with Crippen LogP contribution in [0.4, 0.5) is 11.4 Å². The number of piperidine rings is 1. The highest BCUT2D eigenvalue weighted by molar-refractivity contribution is 5.99. The zero-order valence-corrected chi connectivity index (χ0v) is 11.6. The van der Waals surface area contributed by atoms with E-state index in [9.17, 15) is 15.2 Å². The van der Waals surface area contributed by atoms with Crippen LogP contribution >= 0.6 is 0 Å². The molecule has 1 fully saturated rings. The summed E-state index contributed by atoms with van der Waals surface area (Å²) in [6, 6.07) is 5.17. The van der Waals surface area contributed by atoms with Crippen molar-refractivity contribution >= 4 is 22.1 Å². The van der Waals surface area contributed by atoms with Crippen molar-refractivity contribution in [2.45, 2.75) is 12.8 Å². The molecule has 0 radical (unpaired) electrons.